The van der Waals surface area contributed by atoms with E-state index in [1.54, 1.807) is 11.8 Å². The predicted molar refractivity (Wildman–Crippen MR) is 109 cm³/mol. The maximum absolute atomic E-state index is 13.1. The molecule has 160 valence electrons. The third-order valence-corrected chi connectivity index (χ3v) is 5.69. The molecule has 1 aliphatic rings. The number of fused-ring (bicyclic) bond motifs is 1. The summed E-state index contributed by atoms with van der Waals surface area (Å²) in [7, 11) is 0. The number of nitrogens with two attached hydrogens (primary N) is 1. The Labute approximate surface area is 175 Å². The maximum Gasteiger partial charge on any atom is 0.416 e. The molecule has 0 saturated carbocycles. The fourth-order valence-corrected chi connectivity index (χ4v) is 4.30. The van der Waals surface area contributed by atoms with Crippen molar-refractivity contribution in [2.75, 3.05) is 24.2 Å². The highest BCUT2D eigenvalue weighted by Gasteiger charge is 2.32. The van der Waals surface area contributed by atoms with Crippen LogP contribution in [0.1, 0.15) is 28.5 Å². The first-order chi connectivity index (χ1) is 14.2. The zero-order valence-corrected chi connectivity index (χ0v) is 16.9. The lowest BCUT2D eigenvalue weighted by Gasteiger charge is -2.26. The quantitative estimate of drug-likeness (QED) is 0.687. The topological polar surface area (TPSA) is 84.7 Å². The smallest absolute Gasteiger partial charge is 0.416 e. The van der Waals surface area contributed by atoms with E-state index in [0.717, 1.165) is 28.7 Å². The number of nitrogens with one attached hydrogen (secondary N) is 1. The van der Waals surface area contributed by atoms with E-state index in [2.05, 4.69) is 5.32 Å². The third kappa shape index (κ3) is 4.76. The van der Waals surface area contributed by atoms with Gasteiger partial charge in [-0.2, -0.15) is 13.2 Å². The lowest BCUT2D eigenvalue weighted by Crippen LogP contribution is -2.35. The predicted octanol–water partition coefficient (Wildman–Crippen LogP) is 4.52. The molecule has 0 radical (unpaired) electrons. The molecule has 0 fully saturated rings. The molecule has 1 aromatic carbocycles. The van der Waals surface area contributed by atoms with Crippen molar-refractivity contribution in [3.05, 3.63) is 51.9 Å². The molecule has 0 bridgehead atoms. The molecule has 0 unspecified atom stereocenters. The first-order valence-corrected chi connectivity index (χ1v) is 9.99. The van der Waals surface area contributed by atoms with Crippen LogP contribution in [0.15, 0.2) is 30.3 Å². The number of nitrogens with zero attached hydrogens (tertiary/aromatic N) is 1. The third-order valence-electron chi connectivity index (χ3n) is 4.54. The van der Waals surface area contributed by atoms with Gasteiger partial charge in [0.15, 0.2) is 0 Å². The van der Waals surface area contributed by atoms with Crippen LogP contribution in [0.3, 0.4) is 0 Å². The fraction of sp³-hybridized carbons (Fsp3) is 0.300. The number of carbonyl (C=O) groups is 2. The van der Waals surface area contributed by atoms with Crippen LogP contribution in [0.5, 0.6) is 0 Å². The molecule has 1 aliphatic heterocycles. The molecule has 0 atom stereocenters. The van der Waals surface area contributed by atoms with E-state index < -0.39 is 23.7 Å². The van der Waals surface area contributed by atoms with Crippen LogP contribution in [0.25, 0.3) is 6.08 Å². The van der Waals surface area contributed by atoms with Gasteiger partial charge in [0, 0.05) is 17.5 Å². The summed E-state index contributed by atoms with van der Waals surface area (Å²) in [6.45, 7) is 2.78. The van der Waals surface area contributed by atoms with Crippen LogP contribution in [0, 0.1) is 0 Å². The summed E-state index contributed by atoms with van der Waals surface area (Å²) in [5.74, 6) is -0.598. The van der Waals surface area contributed by atoms with Crippen molar-refractivity contribution >= 4 is 40.1 Å². The van der Waals surface area contributed by atoms with Crippen LogP contribution < -0.4 is 11.1 Å². The van der Waals surface area contributed by atoms with Gasteiger partial charge in [-0.05, 0) is 36.6 Å². The summed E-state index contributed by atoms with van der Waals surface area (Å²) in [6, 6.07) is 5.00. The van der Waals surface area contributed by atoms with Gasteiger partial charge in [0.1, 0.15) is 5.00 Å². The van der Waals surface area contributed by atoms with E-state index >= 15 is 0 Å². The van der Waals surface area contributed by atoms with Crippen LogP contribution in [-0.4, -0.2) is 30.1 Å². The maximum atomic E-state index is 13.1. The van der Waals surface area contributed by atoms with Crippen LogP contribution in [0.4, 0.5) is 28.7 Å². The van der Waals surface area contributed by atoms with E-state index in [4.69, 9.17) is 10.5 Å². The highest BCUT2D eigenvalue weighted by atomic mass is 32.1. The fourth-order valence-electron chi connectivity index (χ4n) is 3.11. The number of hydrogen-bond acceptors (Lipinski definition) is 5. The largest absolute Gasteiger partial charge is 0.450 e. The lowest BCUT2D eigenvalue weighted by atomic mass is 10.1. The molecule has 3 N–H and O–H groups in total. The number of amides is 2. The summed E-state index contributed by atoms with van der Waals surface area (Å²) < 4.78 is 44.2. The Morgan fingerprint density at radius 3 is 2.77 bits per heavy atom. The van der Waals surface area contributed by atoms with Crippen molar-refractivity contribution in [1.82, 2.24) is 4.90 Å². The van der Waals surface area contributed by atoms with Crippen molar-refractivity contribution in [2.24, 2.45) is 0 Å². The molecule has 1 aromatic heterocycles. The van der Waals surface area contributed by atoms with Crippen LogP contribution >= 0.6 is 11.3 Å². The number of benzene rings is 1. The number of ether oxygens (including phenoxy) is 1. The zero-order valence-electron chi connectivity index (χ0n) is 16.1. The number of alkyl halides is 3. The van der Waals surface area contributed by atoms with E-state index in [1.807, 2.05) is 0 Å². The van der Waals surface area contributed by atoms with Gasteiger partial charge in [0.25, 0.3) is 0 Å². The van der Waals surface area contributed by atoms with Gasteiger partial charge in [-0.1, -0.05) is 18.2 Å². The monoisotopic (exact) mass is 439 g/mol. The average Bonchev–Trinajstić information content (AvgIpc) is 3.01. The van der Waals surface area contributed by atoms with Gasteiger partial charge >= 0.3 is 12.3 Å². The van der Waals surface area contributed by atoms with Gasteiger partial charge in [-0.3, -0.25) is 4.79 Å². The second kappa shape index (κ2) is 8.78. The van der Waals surface area contributed by atoms with Gasteiger partial charge in [0.05, 0.1) is 24.4 Å². The SMILES string of the molecule is CCOC(=O)N1CCc2c(sc(NC(=O)/C=C/c3ccccc3C(F)(F)F)c2N)C1. The van der Waals surface area contributed by atoms with Crippen molar-refractivity contribution in [3.63, 3.8) is 0 Å². The molecule has 0 saturated heterocycles. The number of anilines is 2. The summed E-state index contributed by atoms with van der Waals surface area (Å²) in [5.41, 5.74) is 6.48. The second-order valence-electron chi connectivity index (χ2n) is 6.52. The minimum atomic E-state index is -4.51. The zero-order chi connectivity index (χ0) is 21.9. The second-order valence-corrected chi connectivity index (χ2v) is 7.63. The number of halogens is 3. The van der Waals surface area contributed by atoms with E-state index in [0.29, 0.717) is 30.2 Å². The van der Waals surface area contributed by atoms with Gasteiger partial charge in [-0.25, -0.2) is 4.79 Å². The van der Waals surface area contributed by atoms with Gasteiger partial charge < -0.3 is 20.7 Å². The van der Waals surface area contributed by atoms with E-state index in [-0.39, 0.29) is 12.2 Å². The molecule has 0 aliphatic carbocycles. The Hall–Kier alpha value is -3.01. The molecule has 3 rings (SSSR count). The Morgan fingerprint density at radius 1 is 1.33 bits per heavy atom. The highest BCUT2D eigenvalue weighted by molar-refractivity contribution is 7.17. The van der Waals surface area contributed by atoms with Gasteiger partial charge in [0.2, 0.25) is 5.91 Å². The molecule has 2 amide bonds. The minimum Gasteiger partial charge on any atom is -0.450 e. The first-order valence-electron chi connectivity index (χ1n) is 9.17. The van der Waals surface area contributed by atoms with E-state index in [9.17, 15) is 22.8 Å². The van der Waals surface area contributed by atoms with Crippen molar-refractivity contribution < 1.29 is 27.5 Å². The minimum absolute atomic E-state index is 0.108. The van der Waals surface area contributed by atoms with Crippen molar-refractivity contribution in [1.29, 1.82) is 0 Å². The summed E-state index contributed by atoms with van der Waals surface area (Å²) >= 11 is 1.24. The molecule has 2 aromatic rings. The normalized spacial score (nSPS) is 13.9. The summed E-state index contributed by atoms with van der Waals surface area (Å²) in [6.07, 6.45) is -2.24. The molecule has 2 heterocycles. The summed E-state index contributed by atoms with van der Waals surface area (Å²) in [5, 5.41) is 3.02. The number of nitrogen functional groups attached to an aromatic ring is 1. The summed E-state index contributed by atoms with van der Waals surface area (Å²) in [4.78, 5) is 26.6. The number of thiophene rings is 1. The lowest BCUT2D eigenvalue weighted by molar-refractivity contribution is -0.137. The molecule has 6 nitrogen and oxygen atoms in total. The van der Waals surface area contributed by atoms with Crippen molar-refractivity contribution in [3.8, 4) is 0 Å². The first kappa shape index (κ1) is 21.7. The number of carbonyl (C=O) groups excluding carboxylic acids is 2. The van der Waals surface area contributed by atoms with Crippen molar-refractivity contribution in [2.45, 2.75) is 26.1 Å². The Kier molecular flexibility index (Phi) is 6.35. The van der Waals surface area contributed by atoms with E-state index in [1.165, 1.54) is 29.5 Å². The molecular weight excluding hydrogens is 419 g/mol. The Morgan fingerprint density at radius 2 is 2.07 bits per heavy atom. The standard InChI is InChI=1S/C20H20F3N3O3S/c1-2-29-19(28)26-10-9-13-15(11-26)30-18(17(13)24)25-16(27)8-7-12-5-3-4-6-14(12)20(21,22)23/h3-8H,2,9-11,24H2,1H3,(H,25,27)/b8-7+. The number of rotatable bonds is 4. The Balaban J connectivity index is 1.72. The molecular formula is C20H20F3N3O3S. The van der Waals surface area contributed by atoms with Gasteiger partial charge in [-0.15, -0.1) is 11.3 Å². The molecule has 30 heavy (non-hydrogen) atoms. The molecule has 0 spiro atoms. The van der Waals surface area contributed by atoms with Crippen LogP contribution in [-0.2, 0) is 28.7 Å². The number of hydrogen-bond donors (Lipinski definition) is 2. The van der Waals surface area contributed by atoms with Crippen LogP contribution in [0.2, 0.25) is 0 Å². The highest BCUT2D eigenvalue weighted by Crippen LogP contribution is 2.39. The molecule has 10 heteroatoms. The average molecular weight is 439 g/mol. The Bertz CT molecular complexity index is 985.